The average molecular weight is 273 g/mol. The SMILES string of the molecule is N#CC1=CN(Cc2ccc(F)cc2)C2NCNC(N)C12. The third-order valence-corrected chi connectivity index (χ3v) is 3.80. The van der Waals surface area contributed by atoms with Crippen molar-refractivity contribution in [1.29, 1.82) is 5.26 Å². The second-order valence-corrected chi connectivity index (χ2v) is 5.08. The van der Waals surface area contributed by atoms with Crippen LogP contribution in [0.2, 0.25) is 0 Å². The summed E-state index contributed by atoms with van der Waals surface area (Å²) in [5.41, 5.74) is 7.71. The molecule has 0 amide bonds. The van der Waals surface area contributed by atoms with Crippen LogP contribution < -0.4 is 16.4 Å². The normalized spacial score (nSPS) is 28.8. The number of hydrogen-bond donors (Lipinski definition) is 3. The predicted octanol–water partition coefficient (Wildman–Crippen LogP) is 0.426. The highest BCUT2D eigenvalue weighted by Gasteiger charge is 2.41. The zero-order chi connectivity index (χ0) is 14.1. The van der Waals surface area contributed by atoms with Crippen LogP contribution in [-0.2, 0) is 6.54 Å². The molecule has 1 aromatic rings. The van der Waals surface area contributed by atoms with Crippen molar-refractivity contribution >= 4 is 0 Å². The van der Waals surface area contributed by atoms with E-state index in [1.807, 2.05) is 6.20 Å². The molecule has 0 aliphatic carbocycles. The Morgan fingerprint density at radius 2 is 2.10 bits per heavy atom. The van der Waals surface area contributed by atoms with E-state index in [9.17, 15) is 9.65 Å². The summed E-state index contributed by atoms with van der Waals surface area (Å²) in [6, 6.07) is 8.61. The molecule has 0 spiro atoms. The van der Waals surface area contributed by atoms with Gasteiger partial charge in [0.2, 0.25) is 0 Å². The number of hydrogen-bond acceptors (Lipinski definition) is 5. The smallest absolute Gasteiger partial charge is 0.123 e. The van der Waals surface area contributed by atoms with Gasteiger partial charge < -0.3 is 10.6 Å². The fourth-order valence-corrected chi connectivity index (χ4v) is 2.81. The lowest BCUT2D eigenvalue weighted by Gasteiger charge is -2.38. The van der Waals surface area contributed by atoms with E-state index in [2.05, 4.69) is 21.6 Å². The van der Waals surface area contributed by atoms with Gasteiger partial charge in [-0.25, -0.2) is 4.39 Å². The molecule has 1 aromatic carbocycles. The molecule has 3 atom stereocenters. The van der Waals surface area contributed by atoms with Gasteiger partial charge >= 0.3 is 0 Å². The lowest BCUT2D eigenvalue weighted by atomic mass is 9.95. The molecule has 104 valence electrons. The van der Waals surface area contributed by atoms with Crippen LogP contribution in [0.3, 0.4) is 0 Å². The topological polar surface area (TPSA) is 77.1 Å². The van der Waals surface area contributed by atoms with Crippen molar-refractivity contribution in [3.05, 3.63) is 47.4 Å². The van der Waals surface area contributed by atoms with Gasteiger partial charge in [-0.2, -0.15) is 5.26 Å². The monoisotopic (exact) mass is 273 g/mol. The van der Waals surface area contributed by atoms with Crippen LogP contribution in [0.1, 0.15) is 5.56 Å². The molecule has 4 N–H and O–H groups in total. The van der Waals surface area contributed by atoms with Gasteiger partial charge in [-0.15, -0.1) is 0 Å². The van der Waals surface area contributed by atoms with Crippen LogP contribution in [0.15, 0.2) is 36.0 Å². The molecule has 1 fully saturated rings. The number of halogens is 1. The van der Waals surface area contributed by atoms with Gasteiger partial charge in [-0.3, -0.25) is 10.6 Å². The number of nitriles is 1. The molecule has 3 unspecified atom stereocenters. The Balaban J connectivity index is 1.81. The zero-order valence-electron chi connectivity index (χ0n) is 10.9. The van der Waals surface area contributed by atoms with Crippen molar-refractivity contribution in [2.75, 3.05) is 6.67 Å². The third-order valence-electron chi connectivity index (χ3n) is 3.80. The first-order chi connectivity index (χ1) is 9.69. The summed E-state index contributed by atoms with van der Waals surface area (Å²) in [4.78, 5) is 2.05. The number of benzene rings is 1. The van der Waals surface area contributed by atoms with Gasteiger partial charge in [-0.05, 0) is 17.7 Å². The minimum atomic E-state index is -0.247. The fraction of sp³-hybridized carbons (Fsp3) is 0.357. The summed E-state index contributed by atoms with van der Waals surface area (Å²) in [5.74, 6) is -0.308. The summed E-state index contributed by atoms with van der Waals surface area (Å²) >= 11 is 0. The Bertz CT molecular complexity index is 562. The Morgan fingerprint density at radius 1 is 1.35 bits per heavy atom. The predicted molar refractivity (Wildman–Crippen MR) is 72.0 cm³/mol. The largest absolute Gasteiger partial charge is 0.356 e. The summed E-state index contributed by atoms with van der Waals surface area (Å²) in [6.07, 6.45) is 1.62. The molecule has 20 heavy (non-hydrogen) atoms. The standard InChI is InChI=1S/C14H16FN5/c15-11-3-1-9(2-4-11)6-20-7-10(5-16)12-13(17)18-8-19-14(12)20/h1-4,7,12-14,18-19H,6,8,17H2. The molecule has 2 aliphatic rings. The molecule has 0 saturated carbocycles. The maximum Gasteiger partial charge on any atom is 0.123 e. The molecule has 0 bridgehead atoms. The van der Waals surface area contributed by atoms with Crippen LogP contribution in [0.5, 0.6) is 0 Å². The van der Waals surface area contributed by atoms with Gasteiger partial charge in [0, 0.05) is 19.4 Å². The highest BCUT2D eigenvalue weighted by atomic mass is 19.1. The Hall–Kier alpha value is -1.94. The molecule has 5 nitrogen and oxygen atoms in total. The van der Waals surface area contributed by atoms with Crippen molar-refractivity contribution < 1.29 is 4.39 Å². The van der Waals surface area contributed by atoms with Crippen molar-refractivity contribution in [3.63, 3.8) is 0 Å². The number of nitrogens with zero attached hydrogens (tertiary/aromatic N) is 2. The average Bonchev–Trinajstić information content (AvgIpc) is 2.81. The van der Waals surface area contributed by atoms with Gasteiger partial charge in [-0.1, -0.05) is 12.1 Å². The second-order valence-electron chi connectivity index (χ2n) is 5.08. The van der Waals surface area contributed by atoms with Gasteiger partial charge in [0.1, 0.15) is 5.82 Å². The van der Waals surface area contributed by atoms with Gasteiger partial charge in [0.25, 0.3) is 0 Å². The molecule has 2 heterocycles. The van der Waals surface area contributed by atoms with E-state index in [1.165, 1.54) is 12.1 Å². The van der Waals surface area contributed by atoms with Crippen molar-refractivity contribution in [2.45, 2.75) is 18.9 Å². The van der Waals surface area contributed by atoms with Crippen LogP contribution in [0, 0.1) is 23.1 Å². The summed E-state index contributed by atoms with van der Waals surface area (Å²) in [7, 11) is 0. The van der Waals surface area contributed by atoms with E-state index in [4.69, 9.17) is 5.73 Å². The van der Waals surface area contributed by atoms with E-state index in [0.717, 1.165) is 5.56 Å². The number of fused-ring (bicyclic) bond motifs is 1. The minimum absolute atomic E-state index is 0.00551. The quantitative estimate of drug-likeness (QED) is 0.728. The van der Waals surface area contributed by atoms with Crippen LogP contribution >= 0.6 is 0 Å². The maximum absolute atomic E-state index is 12.9. The molecular weight excluding hydrogens is 257 g/mol. The first-order valence-electron chi connectivity index (χ1n) is 6.53. The fourth-order valence-electron chi connectivity index (χ4n) is 2.81. The molecule has 0 aromatic heterocycles. The molecule has 2 aliphatic heterocycles. The van der Waals surface area contributed by atoms with Crippen molar-refractivity contribution in [3.8, 4) is 6.07 Å². The molecule has 6 heteroatoms. The number of nitrogens with two attached hydrogens (primary N) is 1. The first-order valence-corrected chi connectivity index (χ1v) is 6.53. The molecule has 1 saturated heterocycles. The lowest BCUT2D eigenvalue weighted by molar-refractivity contribution is 0.140. The van der Waals surface area contributed by atoms with Gasteiger partial charge in [0.15, 0.2) is 0 Å². The summed E-state index contributed by atoms with van der Waals surface area (Å²) < 4.78 is 12.9. The Kier molecular flexibility index (Phi) is 3.40. The third kappa shape index (κ3) is 2.27. The summed E-state index contributed by atoms with van der Waals surface area (Å²) in [5, 5.41) is 15.7. The zero-order valence-corrected chi connectivity index (χ0v) is 10.9. The van der Waals surface area contributed by atoms with E-state index in [1.54, 1.807) is 12.1 Å². The van der Waals surface area contributed by atoms with E-state index >= 15 is 0 Å². The Morgan fingerprint density at radius 3 is 2.80 bits per heavy atom. The minimum Gasteiger partial charge on any atom is -0.356 e. The summed E-state index contributed by atoms with van der Waals surface area (Å²) in [6.45, 7) is 1.22. The second kappa shape index (κ2) is 5.21. The molecule has 0 radical (unpaired) electrons. The lowest BCUT2D eigenvalue weighted by Crippen LogP contribution is -2.63. The number of nitrogens with one attached hydrogen (secondary N) is 2. The number of rotatable bonds is 2. The highest BCUT2D eigenvalue weighted by molar-refractivity contribution is 5.32. The highest BCUT2D eigenvalue weighted by Crippen LogP contribution is 2.30. The van der Waals surface area contributed by atoms with Gasteiger partial charge in [0.05, 0.1) is 29.9 Å². The molecule has 3 rings (SSSR count). The first kappa shape index (κ1) is 13.1. The van der Waals surface area contributed by atoms with Crippen LogP contribution in [-0.4, -0.2) is 23.9 Å². The molecular formula is C14H16FN5. The van der Waals surface area contributed by atoms with Crippen LogP contribution in [0.25, 0.3) is 0 Å². The van der Waals surface area contributed by atoms with E-state index in [0.29, 0.717) is 18.8 Å². The Labute approximate surface area is 116 Å². The van der Waals surface area contributed by atoms with E-state index in [-0.39, 0.29) is 24.1 Å². The van der Waals surface area contributed by atoms with Crippen LogP contribution in [0.4, 0.5) is 4.39 Å². The van der Waals surface area contributed by atoms with Crippen molar-refractivity contribution in [2.24, 2.45) is 11.7 Å². The maximum atomic E-state index is 12.9. The van der Waals surface area contributed by atoms with E-state index < -0.39 is 0 Å². The van der Waals surface area contributed by atoms with Crippen molar-refractivity contribution in [1.82, 2.24) is 15.5 Å².